The second-order valence-corrected chi connectivity index (χ2v) is 3.22. The lowest BCUT2D eigenvalue weighted by atomic mass is 10.1. The van der Waals surface area contributed by atoms with Crippen molar-refractivity contribution in [2.45, 2.75) is 6.04 Å². The zero-order valence-corrected chi connectivity index (χ0v) is 7.91. The van der Waals surface area contributed by atoms with E-state index in [2.05, 4.69) is 14.9 Å². The molecular weight excluding hydrogens is 186 g/mol. The van der Waals surface area contributed by atoms with Gasteiger partial charge in [-0.2, -0.15) is 0 Å². The van der Waals surface area contributed by atoms with E-state index in [4.69, 9.17) is 4.42 Å². The molecule has 1 N–H and O–H groups in total. The minimum Gasteiger partial charge on any atom is -0.472 e. The Bertz CT molecular complexity index is 309. The summed E-state index contributed by atoms with van der Waals surface area (Å²) in [5, 5.41) is 9.08. The number of nitrogens with zero attached hydrogens (tertiary/aromatic N) is 2. The van der Waals surface area contributed by atoms with Crippen LogP contribution in [0.4, 0.5) is 0 Å². The summed E-state index contributed by atoms with van der Waals surface area (Å²) in [4.78, 5) is 0. The van der Waals surface area contributed by atoms with Gasteiger partial charge in [0.15, 0.2) is 0 Å². The second kappa shape index (κ2) is 3.68. The van der Waals surface area contributed by atoms with Gasteiger partial charge in [0.05, 0.1) is 24.3 Å². The summed E-state index contributed by atoms with van der Waals surface area (Å²) in [6.07, 6.45) is 3.36. The third-order valence-corrected chi connectivity index (χ3v) is 2.36. The van der Waals surface area contributed by atoms with E-state index in [1.165, 1.54) is 11.5 Å². The SMILES string of the molecule is CNC(c1ccoc1)c1csnn1. The maximum absolute atomic E-state index is 5.01. The summed E-state index contributed by atoms with van der Waals surface area (Å²) in [6, 6.07) is 2.00. The average molecular weight is 195 g/mol. The van der Waals surface area contributed by atoms with Crippen LogP contribution in [0.2, 0.25) is 0 Å². The van der Waals surface area contributed by atoms with Gasteiger partial charge >= 0.3 is 0 Å². The summed E-state index contributed by atoms with van der Waals surface area (Å²) in [7, 11) is 1.89. The molecule has 4 nitrogen and oxygen atoms in total. The van der Waals surface area contributed by atoms with Gasteiger partial charge in [-0.15, -0.1) is 5.10 Å². The first-order valence-electron chi connectivity index (χ1n) is 3.88. The Kier molecular flexibility index (Phi) is 2.37. The van der Waals surface area contributed by atoms with Crippen molar-refractivity contribution in [1.29, 1.82) is 0 Å². The van der Waals surface area contributed by atoms with Crippen LogP contribution in [-0.4, -0.2) is 16.6 Å². The van der Waals surface area contributed by atoms with E-state index in [1.807, 2.05) is 18.5 Å². The molecule has 2 aromatic rings. The van der Waals surface area contributed by atoms with E-state index < -0.39 is 0 Å². The number of aromatic nitrogens is 2. The molecule has 0 aliphatic heterocycles. The molecule has 68 valence electrons. The van der Waals surface area contributed by atoms with Gasteiger partial charge in [0.2, 0.25) is 0 Å². The minimum absolute atomic E-state index is 0.0810. The third kappa shape index (κ3) is 1.61. The number of hydrogen-bond donors (Lipinski definition) is 1. The van der Waals surface area contributed by atoms with Crippen molar-refractivity contribution < 1.29 is 4.42 Å². The molecular formula is C8H9N3OS. The average Bonchev–Trinajstić information content (AvgIpc) is 2.76. The van der Waals surface area contributed by atoms with E-state index in [0.29, 0.717) is 0 Å². The molecule has 1 unspecified atom stereocenters. The van der Waals surface area contributed by atoms with Crippen LogP contribution in [0.5, 0.6) is 0 Å². The first-order valence-corrected chi connectivity index (χ1v) is 4.72. The Morgan fingerprint density at radius 1 is 1.62 bits per heavy atom. The van der Waals surface area contributed by atoms with Crippen LogP contribution < -0.4 is 5.32 Å². The Labute approximate surface area is 79.8 Å². The third-order valence-electron chi connectivity index (χ3n) is 1.84. The molecule has 0 saturated carbocycles. The minimum atomic E-state index is 0.0810. The summed E-state index contributed by atoms with van der Waals surface area (Å²) in [5.74, 6) is 0. The van der Waals surface area contributed by atoms with Crippen LogP contribution in [-0.2, 0) is 0 Å². The van der Waals surface area contributed by atoms with E-state index >= 15 is 0 Å². The summed E-state index contributed by atoms with van der Waals surface area (Å²) >= 11 is 1.35. The molecule has 0 spiro atoms. The van der Waals surface area contributed by atoms with Crippen molar-refractivity contribution in [3.63, 3.8) is 0 Å². The predicted octanol–water partition coefficient (Wildman–Crippen LogP) is 1.44. The molecule has 0 bridgehead atoms. The highest BCUT2D eigenvalue weighted by Crippen LogP contribution is 2.20. The van der Waals surface area contributed by atoms with Crippen molar-refractivity contribution in [3.05, 3.63) is 35.2 Å². The fraction of sp³-hybridized carbons (Fsp3) is 0.250. The van der Waals surface area contributed by atoms with Gasteiger partial charge in [-0.05, 0) is 24.6 Å². The lowest BCUT2D eigenvalue weighted by Crippen LogP contribution is -2.17. The molecule has 2 rings (SSSR count). The molecule has 2 aromatic heterocycles. The van der Waals surface area contributed by atoms with Crippen LogP contribution in [0.3, 0.4) is 0 Å². The monoisotopic (exact) mass is 195 g/mol. The number of nitrogens with one attached hydrogen (secondary N) is 1. The Morgan fingerprint density at radius 2 is 2.54 bits per heavy atom. The highest BCUT2D eigenvalue weighted by Gasteiger charge is 2.15. The highest BCUT2D eigenvalue weighted by molar-refractivity contribution is 7.03. The van der Waals surface area contributed by atoms with Crippen molar-refractivity contribution in [2.75, 3.05) is 7.05 Å². The van der Waals surface area contributed by atoms with E-state index in [9.17, 15) is 0 Å². The Hall–Kier alpha value is -1.20. The largest absolute Gasteiger partial charge is 0.472 e. The van der Waals surface area contributed by atoms with Gasteiger partial charge in [-0.25, -0.2) is 0 Å². The van der Waals surface area contributed by atoms with Crippen LogP contribution in [0.1, 0.15) is 17.3 Å². The molecule has 5 heteroatoms. The predicted molar refractivity (Wildman–Crippen MR) is 49.5 cm³/mol. The molecule has 2 heterocycles. The summed E-state index contributed by atoms with van der Waals surface area (Å²) < 4.78 is 8.83. The Morgan fingerprint density at radius 3 is 3.08 bits per heavy atom. The van der Waals surface area contributed by atoms with Crippen LogP contribution in [0.25, 0.3) is 0 Å². The molecule has 0 saturated heterocycles. The summed E-state index contributed by atoms with van der Waals surface area (Å²) in [6.45, 7) is 0. The van der Waals surface area contributed by atoms with Crippen LogP contribution in [0.15, 0.2) is 28.4 Å². The lowest BCUT2D eigenvalue weighted by Gasteiger charge is -2.09. The molecule has 0 fully saturated rings. The van der Waals surface area contributed by atoms with E-state index in [-0.39, 0.29) is 6.04 Å². The number of hydrogen-bond acceptors (Lipinski definition) is 5. The maximum Gasteiger partial charge on any atom is 0.0971 e. The topological polar surface area (TPSA) is 51.0 Å². The lowest BCUT2D eigenvalue weighted by molar-refractivity contribution is 0.556. The zero-order chi connectivity index (χ0) is 9.10. The molecule has 13 heavy (non-hydrogen) atoms. The van der Waals surface area contributed by atoms with Gasteiger partial charge in [0.25, 0.3) is 0 Å². The van der Waals surface area contributed by atoms with Crippen molar-refractivity contribution in [3.8, 4) is 0 Å². The van der Waals surface area contributed by atoms with Gasteiger partial charge in [-0.1, -0.05) is 4.49 Å². The molecule has 1 atom stereocenters. The molecule has 0 aliphatic carbocycles. The second-order valence-electron chi connectivity index (χ2n) is 2.61. The fourth-order valence-electron chi connectivity index (χ4n) is 1.22. The Balaban J connectivity index is 2.29. The smallest absolute Gasteiger partial charge is 0.0971 e. The van der Waals surface area contributed by atoms with Crippen molar-refractivity contribution in [1.82, 2.24) is 14.9 Å². The quantitative estimate of drug-likeness (QED) is 0.805. The van der Waals surface area contributed by atoms with Crippen molar-refractivity contribution >= 4 is 11.5 Å². The first-order chi connectivity index (χ1) is 6.42. The van der Waals surface area contributed by atoms with Gasteiger partial charge in [0.1, 0.15) is 0 Å². The zero-order valence-electron chi connectivity index (χ0n) is 7.10. The summed E-state index contributed by atoms with van der Waals surface area (Å²) in [5.41, 5.74) is 1.99. The number of furan rings is 1. The van der Waals surface area contributed by atoms with Crippen molar-refractivity contribution in [2.24, 2.45) is 0 Å². The highest BCUT2D eigenvalue weighted by atomic mass is 32.1. The van der Waals surface area contributed by atoms with E-state index in [0.717, 1.165) is 11.3 Å². The van der Waals surface area contributed by atoms with Gasteiger partial charge in [-0.3, -0.25) is 0 Å². The van der Waals surface area contributed by atoms with Crippen LogP contribution >= 0.6 is 11.5 Å². The first kappa shape index (κ1) is 8.40. The fourth-order valence-corrected chi connectivity index (χ4v) is 1.70. The molecule has 0 aliphatic rings. The van der Waals surface area contributed by atoms with Gasteiger partial charge < -0.3 is 9.73 Å². The maximum atomic E-state index is 5.01. The molecule has 0 amide bonds. The van der Waals surface area contributed by atoms with E-state index in [1.54, 1.807) is 12.5 Å². The normalized spacial score (nSPS) is 13.0. The number of rotatable bonds is 3. The van der Waals surface area contributed by atoms with Crippen LogP contribution in [0, 0.1) is 0 Å². The molecule has 0 aromatic carbocycles. The van der Waals surface area contributed by atoms with Gasteiger partial charge in [0, 0.05) is 10.9 Å². The standard InChI is InChI=1S/C8H9N3OS/c1-9-8(6-2-3-12-4-6)7-5-13-11-10-7/h2-5,8-9H,1H3. The molecule has 0 radical (unpaired) electrons.